The fourth-order valence-corrected chi connectivity index (χ4v) is 2.60. The largest absolute Gasteiger partial charge is 0.488 e. The minimum Gasteiger partial charge on any atom is -0.423 e. The first kappa shape index (κ1) is 15.5. The number of hydrogen-bond donors (Lipinski definition) is 2. The highest BCUT2D eigenvalue weighted by Crippen LogP contribution is 2.35. The third-order valence-corrected chi connectivity index (χ3v) is 4.10. The number of benzene rings is 1. The summed E-state index contributed by atoms with van der Waals surface area (Å²) in [7, 11) is 0.325. The second-order valence-electron chi connectivity index (χ2n) is 5.66. The zero-order chi connectivity index (χ0) is 14.5. The first-order valence-electron chi connectivity index (χ1n) is 7.29. The van der Waals surface area contributed by atoms with Crippen LogP contribution in [0.5, 0.6) is 0 Å². The van der Waals surface area contributed by atoms with Gasteiger partial charge in [0.15, 0.2) is 0 Å². The van der Waals surface area contributed by atoms with E-state index in [1.807, 2.05) is 18.2 Å². The highest BCUT2D eigenvalue weighted by molar-refractivity contribution is 6.58. The maximum absolute atomic E-state index is 9.25. The molecule has 1 unspecified atom stereocenters. The summed E-state index contributed by atoms with van der Waals surface area (Å²) in [5.74, 6) is 0.804. The fraction of sp³-hybridized carbons (Fsp3) is 0.600. The molecule has 5 heteroatoms. The van der Waals surface area contributed by atoms with Crippen LogP contribution in [0.2, 0.25) is 0 Å². The maximum Gasteiger partial charge on any atom is 0.488 e. The first-order chi connectivity index (χ1) is 9.61. The molecule has 1 saturated carbocycles. The van der Waals surface area contributed by atoms with Gasteiger partial charge in [-0.2, -0.15) is 0 Å². The minimum absolute atomic E-state index is 0.549. The van der Waals surface area contributed by atoms with Crippen molar-refractivity contribution in [2.24, 2.45) is 5.92 Å². The van der Waals surface area contributed by atoms with Crippen molar-refractivity contribution in [1.29, 1.82) is 0 Å². The Bertz CT molecular complexity index is 423. The lowest BCUT2D eigenvalue weighted by atomic mass is 9.79. The molecule has 0 aliphatic heterocycles. The molecule has 0 amide bonds. The Morgan fingerprint density at radius 2 is 2.15 bits per heavy atom. The summed E-state index contributed by atoms with van der Waals surface area (Å²) in [4.78, 5) is 2.42. The summed E-state index contributed by atoms with van der Waals surface area (Å²) < 4.78 is 5.20. The number of hydrogen-bond acceptors (Lipinski definition) is 4. The molecule has 1 fully saturated rings. The summed E-state index contributed by atoms with van der Waals surface area (Å²) in [6.07, 6.45) is 2.64. The highest BCUT2D eigenvalue weighted by atomic mass is 16.5. The van der Waals surface area contributed by atoms with E-state index in [4.69, 9.17) is 4.74 Å². The van der Waals surface area contributed by atoms with Crippen LogP contribution >= 0.6 is 0 Å². The summed E-state index contributed by atoms with van der Waals surface area (Å²) in [5.41, 5.74) is 1.66. The monoisotopic (exact) mass is 277 g/mol. The van der Waals surface area contributed by atoms with E-state index in [-0.39, 0.29) is 0 Å². The van der Waals surface area contributed by atoms with Gasteiger partial charge in [-0.25, -0.2) is 0 Å². The number of nitrogens with zero attached hydrogens (tertiary/aromatic N) is 1. The molecule has 0 bridgehead atoms. The molecular formula is C15H24BNO3. The molecule has 4 nitrogen and oxygen atoms in total. The van der Waals surface area contributed by atoms with E-state index >= 15 is 0 Å². The molecule has 1 aliphatic carbocycles. The van der Waals surface area contributed by atoms with E-state index in [1.54, 1.807) is 13.2 Å². The van der Waals surface area contributed by atoms with Gasteiger partial charge in [-0.05, 0) is 36.7 Å². The van der Waals surface area contributed by atoms with Crippen molar-refractivity contribution in [2.75, 3.05) is 20.3 Å². The van der Waals surface area contributed by atoms with Gasteiger partial charge < -0.3 is 14.8 Å². The summed E-state index contributed by atoms with van der Waals surface area (Å²) in [5, 5.41) is 18.5. The van der Waals surface area contributed by atoms with Gasteiger partial charge in [0.1, 0.15) is 0 Å². The molecule has 0 spiro atoms. The second-order valence-corrected chi connectivity index (χ2v) is 5.66. The van der Waals surface area contributed by atoms with Gasteiger partial charge in [0.25, 0.3) is 0 Å². The molecule has 1 atom stereocenters. The summed E-state index contributed by atoms with van der Waals surface area (Å²) in [6, 6.07) is 8.06. The molecule has 110 valence electrons. The number of methoxy groups -OCH3 is 1. The summed E-state index contributed by atoms with van der Waals surface area (Å²) >= 11 is 0. The van der Waals surface area contributed by atoms with Crippen LogP contribution < -0.4 is 5.46 Å². The molecule has 0 radical (unpaired) electrons. The van der Waals surface area contributed by atoms with Crippen molar-refractivity contribution in [3.05, 3.63) is 29.8 Å². The molecule has 1 aromatic rings. The predicted octanol–water partition coefficient (Wildman–Crippen LogP) is 0.613. The van der Waals surface area contributed by atoms with Gasteiger partial charge in [-0.15, -0.1) is 0 Å². The molecule has 1 aromatic carbocycles. The third-order valence-electron chi connectivity index (χ3n) is 4.10. The molecule has 2 rings (SSSR count). The SMILES string of the molecule is COCCN(Cc1cccc(B(O)O)c1)C(C)C1CC1. The van der Waals surface area contributed by atoms with Crippen molar-refractivity contribution in [1.82, 2.24) is 4.90 Å². The molecule has 20 heavy (non-hydrogen) atoms. The van der Waals surface area contributed by atoms with Crippen LogP contribution in [0.4, 0.5) is 0 Å². The fourth-order valence-electron chi connectivity index (χ4n) is 2.60. The van der Waals surface area contributed by atoms with Crippen molar-refractivity contribution >= 4 is 12.6 Å². The van der Waals surface area contributed by atoms with Crippen molar-refractivity contribution in [2.45, 2.75) is 32.4 Å². The van der Waals surface area contributed by atoms with Crippen LogP contribution in [0.15, 0.2) is 24.3 Å². The van der Waals surface area contributed by atoms with Crippen molar-refractivity contribution in [3.8, 4) is 0 Å². The first-order valence-corrected chi connectivity index (χ1v) is 7.29. The Morgan fingerprint density at radius 1 is 1.40 bits per heavy atom. The van der Waals surface area contributed by atoms with Crippen LogP contribution in [0, 0.1) is 5.92 Å². The predicted molar refractivity (Wildman–Crippen MR) is 80.7 cm³/mol. The Labute approximate surface area is 121 Å². The molecule has 0 aromatic heterocycles. The lowest BCUT2D eigenvalue weighted by molar-refractivity contribution is 0.111. The Kier molecular flexibility index (Phi) is 5.60. The Hall–Kier alpha value is -0.875. The molecular weight excluding hydrogens is 253 g/mol. The van der Waals surface area contributed by atoms with Gasteiger partial charge in [0.2, 0.25) is 0 Å². The highest BCUT2D eigenvalue weighted by Gasteiger charge is 2.31. The van der Waals surface area contributed by atoms with Crippen LogP contribution in [0.1, 0.15) is 25.3 Å². The normalized spacial score (nSPS) is 16.4. The van der Waals surface area contributed by atoms with Crippen molar-refractivity contribution < 1.29 is 14.8 Å². The number of rotatable bonds is 8. The van der Waals surface area contributed by atoms with Gasteiger partial charge >= 0.3 is 7.12 Å². The van der Waals surface area contributed by atoms with Gasteiger partial charge in [-0.1, -0.05) is 24.3 Å². The quantitative estimate of drug-likeness (QED) is 0.684. The average molecular weight is 277 g/mol. The summed E-state index contributed by atoms with van der Waals surface area (Å²) in [6.45, 7) is 4.72. The van der Waals surface area contributed by atoms with Crippen LogP contribution in [-0.2, 0) is 11.3 Å². The minimum atomic E-state index is -1.40. The van der Waals surface area contributed by atoms with Gasteiger partial charge in [0.05, 0.1) is 6.61 Å². The van der Waals surface area contributed by atoms with E-state index in [1.165, 1.54) is 12.8 Å². The Balaban J connectivity index is 2.03. The van der Waals surface area contributed by atoms with E-state index in [2.05, 4.69) is 11.8 Å². The number of ether oxygens (including phenoxy) is 1. The van der Waals surface area contributed by atoms with E-state index in [0.717, 1.165) is 31.2 Å². The zero-order valence-corrected chi connectivity index (χ0v) is 12.3. The van der Waals surface area contributed by atoms with Gasteiger partial charge in [0, 0.05) is 26.2 Å². The topological polar surface area (TPSA) is 52.9 Å². The maximum atomic E-state index is 9.25. The average Bonchev–Trinajstić information content (AvgIpc) is 3.27. The molecule has 2 N–H and O–H groups in total. The van der Waals surface area contributed by atoms with Gasteiger partial charge in [-0.3, -0.25) is 4.90 Å². The van der Waals surface area contributed by atoms with Crippen LogP contribution in [0.25, 0.3) is 0 Å². The van der Waals surface area contributed by atoms with E-state index in [0.29, 0.717) is 11.5 Å². The zero-order valence-electron chi connectivity index (χ0n) is 12.3. The standard InChI is InChI=1S/C15H24BNO3/c1-12(14-6-7-14)17(8-9-20-2)11-13-4-3-5-15(10-13)16(18)19/h3-5,10,12,14,18-19H,6-9,11H2,1-2H3. The van der Waals surface area contributed by atoms with Crippen LogP contribution in [0.3, 0.4) is 0 Å². The molecule has 0 saturated heterocycles. The smallest absolute Gasteiger partial charge is 0.423 e. The molecule has 1 aliphatic rings. The lowest BCUT2D eigenvalue weighted by Gasteiger charge is -2.29. The van der Waals surface area contributed by atoms with Crippen molar-refractivity contribution in [3.63, 3.8) is 0 Å². The third kappa shape index (κ3) is 4.31. The lowest BCUT2D eigenvalue weighted by Crippen LogP contribution is -2.37. The Morgan fingerprint density at radius 3 is 2.75 bits per heavy atom. The van der Waals surface area contributed by atoms with E-state index < -0.39 is 7.12 Å². The van der Waals surface area contributed by atoms with Crippen LogP contribution in [-0.4, -0.2) is 48.4 Å². The second kappa shape index (κ2) is 7.22. The van der Waals surface area contributed by atoms with E-state index in [9.17, 15) is 10.0 Å². The molecule has 0 heterocycles.